The van der Waals surface area contributed by atoms with E-state index in [4.69, 9.17) is 19.3 Å². The van der Waals surface area contributed by atoms with E-state index >= 15 is 0 Å². The summed E-state index contributed by atoms with van der Waals surface area (Å²) in [5.74, 6) is -1.25. The number of nitrogens with zero attached hydrogens (tertiary/aromatic N) is 3. The number of esters is 2. The van der Waals surface area contributed by atoms with Gasteiger partial charge in [-0.3, -0.25) is 4.79 Å². The number of fused-ring (bicyclic) bond motifs is 5. The average molecular weight is 534 g/mol. The standard InChI is InChI=1S/C29H31N3O7/c1-6-22(26(34)38-28(3,4)5)39-30-13-17-10-8-9-16-11-18-14-32-21(24(18)31-23(16)17)12-20-19(25(32)33)15-37-27(35)29(20,36)7-2/h8-13,22,36H,6-7,14-15H2,1-5H3/b30-13+/t22?,29-/m0/s1. The number of benzene rings is 1. The van der Waals surface area contributed by atoms with Crippen LogP contribution in [0.15, 0.2) is 40.3 Å². The summed E-state index contributed by atoms with van der Waals surface area (Å²) in [6, 6.07) is 9.24. The first kappa shape index (κ1) is 26.6. The summed E-state index contributed by atoms with van der Waals surface area (Å²) in [5.41, 5.74) is 0.937. The minimum Gasteiger partial charge on any atom is -0.458 e. The molecule has 2 aromatic heterocycles. The lowest BCUT2D eigenvalue weighted by atomic mass is 9.86. The molecule has 10 nitrogen and oxygen atoms in total. The number of oxime groups is 1. The van der Waals surface area contributed by atoms with E-state index in [0.717, 1.165) is 10.9 Å². The molecular weight excluding hydrogens is 502 g/mol. The first-order chi connectivity index (χ1) is 18.5. The number of cyclic esters (lactones) is 1. The van der Waals surface area contributed by atoms with Gasteiger partial charge in [-0.25, -0.2) is 14.6 Å². The highest BCUT2D eigenvalue weighted by Gasteiger charge is 2.45. The molecule has 0 amide bonds. The molecule has 39 heavy (non-hydrogen) atoms. The van der Waals surface area contributed by atoms with Crippen LogP contribution >= 0.6 is 0 Å². The molecule has 10 heteroatoms. The van der Waals surface area contributed by atoms with E-state index < -0.39 is 29.2 Å². The maximum Gasteiger partial charge on any atom is 0.350 e. The van der Waals surface area contributed by atoms with Crippen molar-refractivity contribution in [1.82, 2.24) is 9.55 Å². The maximum absolute atomic E-state index is 13.4. The molecule has 2 aliphatic rings. The predicted molar refractivity (Wildman–Crippen MR) is 143 cm³/mol. The Kier molecular flexibility index (Phi) is 6.54. The van der Waals surface area contributed by atoms with Gasteiger partial charge in [0.1, 0.15) is 12.2 Å². The number of hydrogen-bond acceptors (Lipinski definition) is 9. The van der Waals surface area contributed by atoms with Crippen molar-refractivity contribution in [2.24, 2.45) is 5.16 Å². The number of para-hydroxylation sites is 1. The zero-order chi connectivity index (χ0) is 28.1. The fourth-order valence-electron chi connectivity index (χ4n) is 4.95. The molecule has 0 bridgehead atoms. The molecule has 4 heterocycles. The number of pyridine rings is 2. The lowest BCUT2D eigenvalue weighted by Gasteiger charge is -2.31. The van der Waals surface area contributed by atoms with E-state index in [0.29, 0.717) is 35.4 Å². The van der Waals surface area contributed by atoms with Crippen LogP contribution < -0.4 is 5.56 Å². The van der Waals surface area contributed by atoms with Crippen LogP contribution in [0.1, 0.15) is 69.7 Å². The first-order valence-electron chi connectivity index (χ1n) is 13.0. The average Bonchev–Trinajstić information content (AvgIpc) is 3.24. The van der Waals surface area contributed by atoms with E-state index in [-0.39, 0.29) is 29.7 Å². The smallest absolute Gasteiger partial charge is 0.350 e. The normalized spacial score (nSPS) is 18.9. The zero-order valence-corrected chi connectivity index (χ0v) is 22.6. The lowest BCUT2D eigenvalue weighted by Crippen LogP contribution is -2.44. The van der Waals surface area contributed by atoms with Crippen LogP contribution in [0.4, 0.5) is 0 Å². The molecule has 1 aromatic carbocycles. The van der Waals surface area contributed by atoms with Crippen LogP contribution in [0.5, 0.6) is 0 Å². The molecule has 1 N–H and O–H groups in total. The van der Waals surface area contributed by atoms with Crippen LogP contribution in [0.2, 0.25) is 0 Å². The molecule has 0 saturated carbocycles. The second-order valence-corrected chi connectivity index (χ2v) is 10.8. The number of rotatable bonds is 6. The molecule has 0 aliphatic carbocycles. The van der Waals surface area contributed by atoms with Crippen molar-refractivity contribution in [3.05, 3.63) is 62.9 Å². The van der Waals surface area contributed by atoms with E-state index in [2.05, 4.69) is 5.16 Å². The van der Waals surface area contributed by atoms with Crippen LogP contribution in [0, 0.1) is 0 Å². The SMILES string of the molecule is CCC(O/N=C/c1cccc2cc3c(nc12)-c1cc2c(c(=O)n1C3)COC(=O)[C@]2(O)CC)C(=O)OC(C)(C)C. The van der Waals surface area contributed by atoms with Crippen LogP contribution in [0.3, 0.4) is 0 Å². The highest BCUT2D eigenvalue weighted by atomic mass is 16.7. The zero-order valence-electron chi connectivity index (χ0n) is 22.6. The molecule has 0 saturated heterocycles. The van der Waals surface area contributed by atoms with Crippen molar-refractivity contribution < 1.29 is 29.0 Å². The predicted octanol–water partition coefficient (Wildman–Crippen LogP) is 3.55. The van der Waals surface area contributed by atoms with Crippen molar-refractivity contribution in [3.8, 4) is 11.4 Å². The summed E-state index contributed by atoms with van der Waals surface area (Å²) in [6.07, 6.45) is 1.11. The van der Waals surface area contributed by atoms with Gasteiger partial charge in [0.2, 0.25) is 6.10 Å². The molecule has 0 radical (unpaired) electrons. The maximum atomic E-state index is 13.4. The Labute approximate surface area is 225 Å². The Bertz CT molecular complexity index is 1580. The topological polar surface area (TPSA) is 129 Å². The summed E-state index contributed by atoms with van der Waals surface area (Å²) >= 11 is 0. The highest BCUT2D eigenvalue weighted by Crippen LogP contribution is 2.38. The number of aliphatic hydroxyl groups is 1. The summed E-state index contributed by atoms with van der Waals surface area (Å²) in [4.78, 5) is 48.6. The summed E-state index contributed by atoms with van der Waals surface area (Å²) < 4.78 is 12.1. The van der Waals surface area contributed by atoms with Crippen molar-refractivity contribution >= 4 is 29.1 Å². The molecule has 3 aromatic rings. The fraction of sp³-hybridized carbons (Fsp3) is 0.414. The Morgan fingerprint density at radius 1 is 1.28 bits per heavy atom. The summed E-state index contributed by atoms with van der Waals surface area (Å²) in [7, 11) is 0. The minimum atomic E-state index is -1.89. The van der Waals surface area contributed by atoms with Crippen LogP contribution in [-0.4, -0.2) is 44.5 Å². The van der Waals surface area contributed by atoms with Gasteiger partial charge in [0, 0.05) is 22.1 Å². The third-order valence-electron chi connectivity index (χ3n) is 6.99. The molecule has 0 spiro atoms. The number of ether oxygens (including phenoxy) is 2. The fourth-order valence-corrected chi connectivity index (χ4v) is 4.95. The summed E-state index contributed by atoms with van der Waals surface area (Å²) in [6.45, 7) is 8.98. The first-order valence-corrected chi connectivity index (χ1v) is 13.0. The van der Waals surface area contributed by atoms with Gasteiger partial charge in [-0.1, -0.05) is 37.2 Å². The lowest BCUT2D eigenvalue weighted by molar-refractivity contribution is -0.172. The summed E-state index contributed by atoms with van der Waals surface area (Å²) in [5, 5.41) is 16.0. The van der Waals surface area contributed by atoms with Gasteiger partial charge >= 0.3 is 11.9 Å². The van der Waals surface area contributed by atoms with Crippen molar-refractivity contribution in [2.75, 3.05) is 0 Å². The Balaban J connectivity index is 1.53. The molecule has 5 rings (SSSR count). The van der Waals surface area contributed by atoms with Crippen molar-refractivity contribution in [3.63, 3.8) is 0 Å². The highest BCUT2D eigenvalue weighted by molar-refractivity contribution is 5.98. The van der Waals surface area contributed by atoms with E-state index in [1.165, 1.54) is 6.21 Å². The van der Waals surface area contributed by atoms with Crippen LogP contribution in [0.25, 0.3) is 22.3 Å². The Hall–Kier alpha value is -4.05. The third kappa shape index (κ3) is 4.58. The number of carbonyl (C=O) groups is 2. The minimum absolute atomic E-state index is 0.0718. The number of carbonyl (C=O) groups excluding carboxylic acids is 2. The van der Waals surface area contributed by atoms with Crippen molar-refractivity contribution in [1.29, 1.82) is 0 Å². The van der Waals surface area contributed by atoms with E-state index in [9.17, 15) is 19.5 Å². The van der Waals surface area contributed by atoms with Gasteiger partial charge in [-0.05, 0) is 45.7 Å². The van der Waals surface area contributed by atoms with Gasteiger partial charge in [0.15, 0.2) is 5.60 Å². The molecule has 2 atom stereocenters. The monoisotopic (exact) mass is 533 g/mol. The molecule has 0 fully saturated rings. The van der Waals surface area contributed by atoms with Gasteiger partial charge in [0.25, 0.3) is 5.56 Å². The molecular formula is C29H31N3O7. The van der Waals surface area contributed by atoms with Gasteiger partial charge in [0.05, 0.1) is 35.2 Å². The molecule has 2 aliphatic heterocycles. The molecule has 1 unspecified atom stereocenters. The largest absolute Gasteiger partial charge is 0.458 e. The second-order valence-electron chi connectivity index (χ2n) is 10.8. The van der Waals surface area contributed by atoms with Crippen molar-refractivity contribution in [2.45, 2.75) is 77.9 Å². The number of aromatic nitrogens is 2. The van der Waals surface area contributed by atoms with Gasteiger partial charge in [-0.2, -0.15) is 0 Å². The molecule has 204 valence electrons. The second kappa shape index (κ2) is 9.60. The van der Waals surface area contributed by atoms with Gasteiger partial charge in [-0.15, -0.1) is 0 Å². The van der Waals surface area contributed by atoms with Gasteiger partial charge < -0.3 is 24.0 Å². The third-order valence-corrected chi connectivity index (χ3v) is 6.99. The van der Waals surface area contributed by atoms with E-state index in [1.54, 1.807) is 38.3 Å². The Morgan fingerprint density at radius 3 is 2.74 bits per heavy atom. The Morgan fingerprint density at radius 2 is 2.05 bits per heavy atom. The number of hydrogen-bond donors (Lipinski definition) is 1. The van der Waals surface area contributed by atoms with E-state index in [1.807, 2.05) is 31.2 Å². The quantitative estimate of drug-likeness (QED) is 0.226. The van der Waals surface area contributed by atoms with Crippen LogP contribution in [-0.2, 0) is 42.7 Å².